The van der Waals surface area contributed by atoms with Gasteiger partial charge >= 0.3 is 0 Å². The van der Waals surface area contributed by atoms with Crippen molar-refractivity contribution in [3.05, 3.63) is 0 Å². The quantitative estimate of drug-likeness (QED) is 0.237. The molecule has 10 heteroatoms. The summed E-state index contributed by atoms with van der Waals surface area (Å²) in [5.41, 5.74) is -1.20. The molecule has 0 aliphatic carbocycles. The van der Waals surface area contributed by atoms with Crippen LogP contribution in [-0.2, 0) is 29.2 Å². The van der Waals surface area contributed by atoms with E-state index in [0.29, 0.717) is 32.8 Å². The van der Waals surface area contributed by atoms with Crippen molar-refractivity contribution in [1.29, 1.82) is 0 Å². The molecule has 0 aliphatic heterocycles. The lowest BCUT2D eigenvalue weighted by atomic mass is 9.91. The van der Waals surface area contributed by atoms with Gasteiger partial charge in [-0.3, -0.25) is 14.1 Å². The van der Waals surface area contributed by atoms with E-state index in [-0.39, 0.29) is 24.6 Å². The van der Waals surface area contributed by atoms with E-state index >= 15 is 0 Å². The van der Waals surface area contributed by atoms with Gasteiger partial charge in [0.1, 0.15) is 6.61 Å². The normalized spacial score (nSPS) is 14.0. The Labute approximate surface area is 175 Å². The Balaban J connectivity index is 4.02. The van der Waals surface area contributed by atoms with Gasteiger partial charge in [-0.05, 0) is 27.3 Å². The third-order valence-electron chi connectivity index (χ3n) is 4.49. The molecule has 0 rings (SSSR count). The SMILES string of the molecule is CNC(CCC(=O)C(C)(C)NCCOCCOCC(=O)C(C)(C)C)CS(=O)(=O)O. The molecule has 3 N–H and O–H groups in total. The third-order valence-corrected chi connectivity index (χ3v) is 5.32. The molecule has 0 radical (unpaired) electrons. The Morgan fingerprint density at radius 2 is 1.59 bits per heavy atom. The first-order chi connectivity index (χ1) is 13.2. The van der Waals surface area contributed by atoms with Gasteiger partial charge in [0.25, 0.3) is 10.1 Å². The summed E-state index contributed by atoms with van der Waals surface area (Å²) in [6.07, 6.45) is 0.485. The maximum atomic E-state index is 12.4. The van der Waals surface area contributed by atoms with Crippen molar-refractivity contribution in [3.63, 3.8) is 0 Å². The first-order valence-electron chi connectivity index (χ1n) is 9.78. The van der Waals surface area contributed by atoms with Gasteiger partial charge in [0, 0.05) is 24.4 Å². The topological polar surface area (TPSA) is 131 Å². The van der Waals surface area contributed by atoms with Gasteiger partial charge in [-0.1, -0.05) is 20.8 Å². The second-order valence-electron chi connectivity index (χ2n) is 8.59. The number of carbonyl (C=O) groups excluding carboxylic acids is 2. The first-order valence-corrected chi connectivity index (χ1v) is 11.4. The van der Waals surface area contributed by atoms with Gasteiger partial charge in [-0.2, -0.15) is 8.42 Å². The highest BCUT2D eigenvalue weighted by molar-refractivity contribution is 7.85. The first kappa shape index (κ1) is 28.1. The van der Waals surface area contributed by atoms with Crippen LogP contribution in [0.15, 0.2) is 0 Å². The van der Waals surface area contributed by atoms with Crippen LogP contribution in [0.2, 0.25) is 0 Å². The summed E-state index contributed by atoms with van der Waals surface area (Å²) in [5.74, 6) is -0.448. The maximum Gasteiger partial charge on any atom is 0.266 e. The minimum absolute atomic E-state index is 0.0385. The molecule has 29 heavy (non-hydrogen) atoms. The van der Waals surface area contributed by atoms with E-state index in [1.165, 1.54) is 0 Å². The number of nitrogens with one attached hydrogen (secondary N) is 2. The Morgan fingerprint density at radius 1 is 1.00 bits per heavy atom. The third kappa shape index (κ3) is 13.8. The van der Waals surface area contributed by atoms with Crippen LogP contribution in [0, 0.1) is 5.41 Å². The van der Waals surface area contributed by atoms with Crippen LogP contribution >= 0.6 is 0 Å². The van der Waals surface area contributed by atoms with E-state index in [9.17, 15) is 18.0 Å². The van der Waals surface area contributed by atoms with E-state index in [1.54, 1.807) is 20.9 Å². The lowest BCUT2D eigenvalue weighted by Gasteiger charge is -2.26. The molecule has 1 unspecified atom stereocenters. The Morgan fingerprint density at radius 3 is 2.10 bits per heavy atom. The van der Waals surface area contributed by atoms with Crippen molar-refractivity contribution in [2.45, 2.75) is 59.0 Å². The van der Waals surface area contributed by atoms with E-state index in [0.717, 1.165) is 0 Å². The molecule has 1 atom stereocenters. The molecular weight excluding hydrogens is 400 g/mol. The van der Waals surface area contributed by atoms with Crippen molar-refractivity contribution >= 4 is 21.7 Å². The van der Waals surface area contributed by atoms with Crippen molar-refractivity contribution < 1.29 is 32.0 Å². The fraction of sp³-hybridized carbons (Fsp3) is 0.895. The highest BCUT2D eigenvalue weighted by atomic mass is 32.2. The number of ether oxygens (including phenoxy) is 2. The van der Waals surface area contributed by atoms with Crippen LogP contribution in [-0.4, -0.2) is 81.9 Å². The monoisotopic (exact) mass is 438 g/mol. The maximum absolute atomic E-state index is 12.4. The summed E-state index contributed by atoms with van der Waals surface area (Å²) >= 11 is 0. The minimum atomic E-state index is -4.09. The van der Waals surface area contributed by atoms with E-state index < -0.39 is 32.9 Å². The molecule has 0 amide bonds. The number of hydrogen-bond acceptors (Lipinski definition) is 8. The predicted molar refractivity (Wildman–Crippen MR) is 112 cm³/mol. The molecule has 0 bridgehead atoms. The van der Waals surface area contributed by atoms with Crippen molar-refractivity contribution in [2.75, 3.05) is 45.8 Å². The summed E-state index contributed by atoms with van der Waals surface area (Å²) in [5, 5.41) is 5.91. The second kappa shape index (κ2) is 12.7. The van der Waals surface area contributed by atoms with E-state index in [1.807, 2.05) is 20.8 Å². The Hall–Kier alpha value is -0.910. The highest BCUT2D eigenvalue weighted by Gasteiger charge is 2.27. The zero-order valence-corrected chi connectivity index (χ0v) is 19.4. The van der Waals surface area contributed by atoms with Gasteiger partial charge < -0.3 is 20.1 Å². The zero-order chi connectivity index (χ0) is 22.7. The van der Waals surface area contributed by atoms with Gasteiger partial charge in [-0.15, -0.1) is 0 Å². The summed E-state index contributed by atoms with van der Waals surface area (Å²) in [6, 6.07) is -0.488. The van der Waals surface area contributed by atoms with Gasteiger partial charge in [0.15, 0.2) is 11.6 Å². The van der Waals surface area contributed by atoms with Gasteiger partial charge in [0.05, 0.1) is 31.1 Å². The largest absolute Gasteiger partial charge is 0.378 e. The Kier molecular flexibility index (Phi) is 12.3. The standard InChI is InChI=1S/C19H38N2O7S/c1-18(2,3)17(23)13-28-12-11-27-10-9-21-19(4,5)16(22)8-7-15(20-6)14-29(24,25)26/h15,20-21H,7-14H2,1-6H3,(H,24,25,26). The van der Waals surface area contributed by atoms with Crippen LogP contribution in [0.3, 0.4) is 0 Å². The lowest BCUT2D eigenvalue weighted by molar-refractivity contribution is -0.131. The lowest BCUT2D eigenvalue weighted by Crippen LogP contribution is -2.48. The summed E-state index contributed by atoms with van der Waals surface area (Å²) in [6.45, 7) is 10.6. The molecule has 0 heterocycles. The van der Waals surface area contributed by atoms with Crippen molar-refractivity contribution in [3.8, 4) is 0 Å². The van der Waals surface area contributed by atoms with Crippen LogP contribution < -0.4 is 10.6 Å². The van der Waals surface area contributed by atoms with Crippen molar-refractivity contribution in [2.24, 2.45) is 5.41 Å². The molecular formula is C19H38N2O7S. The van der Waals surface area contributed by atoms with Crippen LogP contribution in [0.1, 0.15) is 47.5 Å². The van der Waals surface area contributed by atoms with Crippen LogP contribution in [0.25, 0.3) is 0 Å². The smallest absolute Gasteiger partial charge is 0.266 e. The molecule has 0 aliphatic rings. The molecule has 172 valence electrons. The number of hydrogen-bond donors (Lipinski definition) is 3. The summed E-state index contributed by atoms with van der Waals surface area (Å²) in [7, 11) is -2.51. The van der Waals surface area contributed by atoms with Gasteiger partial charge in [-0.25, -0.2) is 0 Å². The molecule has 9 nitrogen and oxygen atoms in total. The van der Waals surface area contributed by atoms with Crippen LogP contribution in [0.5, 0.6) is 0 Å². The predicted octanol–water partition coefficient (Wildman–Crippen LogP) is 0.828. The number of Topliss-reactive ketones (excluding diaryl/α,β-unsaturated/α-hetero) is 2. The molecule has 0 saturated carbocycles. The van der Waals surface area contributed by atoms with Crippen LogP contribution in [0.4, 0.5) is 0 Å². The molecule has 0 fully saturated rings. The summed E-state index contributed by atoms with van der Waals surface area (Å²) in [4.78, 5) is 24.1. The fourth-order valence-electron chi connectivity index (χ4n) is 2.32. The second-order valence-corrected chi connectivity index (χ2v) is 10.1. The van der Waals surface area contributed by atoms with Gasteiger partial charge in [0.2, 0.25) is 0 Å². The molecule has 0 aromatic rings. The average Bonchev–Trinajstić information content (AvgIpc) is 2.58. The number of rotatable bonds is 16. The number of carbonyl (C=O) groups is 2. The van der Waals surface area contributed by atoms with E-state index in [4.69, 9.17) is 14.0 Å². The number of ketones is 2. The molecule has 0 saturated heterocycles. The Bertz CT molecular complexity index is 613. The zero-order valence-electron chi connectivity index (χ0n) is 18.5. The minimum Gasteiger partial charge on any atom is -0.378 e. The van der Waals surface area contributed by atoms with E-state index in [2.05, 4.69) is 10.6 Å². The molecule has 0 aromatic carbocycles. The summed E-state index contributed by atoms with van der Waals surface area (Å²) < 4.78 is 41.6. The van der Waals surface area contributed by atoms with Crippen molar-refractivity contribution in [1.82, 2.24) is 10.6 Å². The average molecular weight is 439 g/mol. The highest BCUT2D eigenvalue weighted by Crippen LogP contribution is 2.14. The fourth-order valence-corrected chi connectivity index (χ4v) is 3.16. The molecule has 0 aromatic heterocycles. The molecule has 0 spiro atoms.